The standard InChI is InChI=1S/C19H18N4OS/c1-13-5-7-14(8-6-13)23-18(25)22(17(24)19(23)9-4-10-19)15-11-16(20-2)21(3)12-15/h5-8,11-12H,4,9-10H2,1,3H3. The van der Waals surface area contributed by atoms with Crippen molar-refractivity contribution in [1.29, 1.82) is 0 Å². The molecule has 1 spiro atoms. The van der Waals surface area contributed by atoms with Crippen molar-refractivity contribution in [2.45, 2.75) is 31.7 Å². The van der Waals surface area contributed by atoms with Gasteiger partial charge >= 0.3 is 0 Å². The molecule has 1 aromatic carbocycles. The number of carbonyl (C=O) groups is 1. The average molecular weight is 350 g/mol. The van der Waals surface area contributed by atoms with E-state index in [4.69, 9.17) is 18.8 Å². The lowest BCUT2D eigenvalue weighted by Gasteiger charge is -2.43. The van der Waals surface area contributed by atoms with Crippen LogP contribution in [0.5, 0.6) is 0 Å². The molecule has 5 nitrogen and oxygen atoms in total. The highest BCUT2D eigenvalue weighted by molar-refractivity contribution is 7.81. The first-order chi connectivity index (χ1) is 12.0. The summed E-state index contributed by atoms with van der Waals surface area (Å²) in [5.41, 5.74) is 2.22. The van der Waals surface area contributed by atoms with Gasteiger partial charge in [-0.15, -0.1) is 0 Å². The van der Waals surface area contributed by atoms with Crippen LogP contribution in [0, 0.1) is 13.5 Å². The molecule has 1 saturated carbocycles. The van der Waals surface area contributed by atoms with Crippen LogP contribution < -0.4 is 9.80 Å². The maximum atomic E-state index is 13.3. The first kappa shape index (κ1) is 15.9. The van der Waals surface area contributed by atoms with Gasteiger partial charge in [0.25, 0.3) is 5.91 Å². The lowest BCUT2D eigenvalue weighted by molar-refractivity contribution is -0.123. The molecule has 4 rings (SSSR count). The molecule has 1 aromatic heterocycles. The summed E-state index contributed by atoms with van der Waals surface area (Å²) in [5, 5.41) is 0.496. The van der Waals surface area contributed by atoms with E-state index in [1.54, 1.807) is 28.8 Å². The summed E-state index contributed by atoms with van der Waals surface area (Å²) in [6.45, 7) is 9.29. The van der Waals surface area contributed by atoms with Gasteiger partial charge in [-0.05, 0) is 56.6 Å². The maximum Gasteiger partial charge on any atom is 0.259 e. The monoisotopic (exact) mass is 350 g/mol. The number of carbonyl (C=O) groups excluding carboxylic acids is 1. The second kappa shape index (κ2) is 5.43. The Morgan fingerprint density at radius 1 is 1.20 bits per heavy atom. The third kappa shape index (κ3) is 2.12. The van der Waals surface area contributed by atoms with Gasteiger partial charge < -0.3 is 14.3 Å². The fourth-order valence-electron chi connectivity index (χ4n) is 3.67. The number of hydrogen-bond donors (Lipinski definition) is 0. The van der Waals surface area contributed by atoms with E-state index in [0.29, 0.717) is 16.6 Å². The quantitative estimate of drug-likeness (QED) is 0.607. The van der Waals surface area contributed by atoms with E-state index in [9.17, 15) is 4.79 Å². The number of amides is 1. The normalized spacial score (nSPS) is 18.6. The Balaban J connectivity index is 1.81. The molecule has 1 saturated heterocycles. The zero-order chi connectivity index (χ0) is 17.8. The number of aromatic nitrogens is 1. The van der Waals surface area contributed by atoms with Crippen molar-refractivity contribution < 1.29 is 4.79 Å². The van der Waals surface area contributed by atoms with Gasteiger partial charge in [0, 0.05) is 5.69 Å². The second-order valence-corrected chi connectivity index (χ2v) is 7.12. The lowest BCUT2D eigenvalue weighted by atomic mass is 9.75. The zero-order valence-corrected chi connectivity index (χ0v) is 15.0. The molecule has 6 heteroatoms. The summed E-state index contributed by atoms with van der Waals surface area (Å²) in [5.74, 6) is 0.508. The fourth-order valence-corrected chi connectivity index (χ4v) is 4.14. The minimum atomic E-state index is -0.569. The molecule has 0 bridgehead atoms. The number of hydrogen-bond acceptors (Lipinski definition) is 2. The van der Waals surface area contributed by atoms with Crippen molar-refractivity contribution in [2.24, 2.45) is 7.05 Å². The minimum absolute atomic E-state index is 0.0199. The molecule has 1 amide bonds. The highest BCUT2D eigenvalue weighted by Crippen LogP contribution is 2.48. The molecule has 0 N–H and O–H groups in total. The molecular weight excluding hydrogens is 332 g/mol. The van der Waals surface area contributed by atoms with Gasteiger partial charge in [-0.1, -0.05) is 24.3 Å². The molecule has 2 heterocycles. The van der Waals surface area contributed by atoms with E-state index >= 15 is 0 Å². The van der Waals surface area contributed by atoms with Crippen LogP contribution in [0.15, 0.2) is 36.5 Å². The summed E-state index contributed by atoms with van der Waals surface area (Å²) >= 11 is 5.72. The maximum absolute atomic E-state index is 13.3. The molecule has 0 unspecified atom stereocenters. The second-order valence-electron chi connectivity index (χ2n) is 6.76. The summed E-state index contributed by atoms with van der Waals surface area (Å²) < 4.78 is 1.72. The van der Waals surface area contributed by atoms with E-state index in [0.717, 1.165) is 24.9 Å². The summed E-state index contributed by atoms with van der Waals surface area (Å²) in [6.07, 6.45) is 4.42. The minimum Gasteiger partial charge on any atom is -0.364 e. The molecule has 2 aromatic rings. The van der Waals surface area contributed by atoms with Gasteiger partial charge in [0.2, 0.25) is 5.82 Å². The highest BCUT2D eigenvalue weighted by Gasteiger charge is 2.59. The fraction of sp³-hybridized carbons (Fsp3) is 0.316. The van der Waals surface area contributed by atoms with Crippen LogP contribution in [0.3, 0.4) is 0 Å². The predicted molar refractivity (Wildman–Crippen MR) is 102 cm³/mol. The SMILES string of the molecule is [C-]#[N+]c1cc(N2C(=O)C3(CCC3)N(c3ccc(C)cc3)C2=S)cn1C. The molecule has 1 aliphatic heterocycles. The van der Waals surface area contributed by atoms with Gasteiger partial charge in [-0.25, -0.2) is 0 Å². The van der Waals surface area contributed by atoms with Crippen LogP contribution in [-0.4, -0.2) is 21.1 Å². The molecular formula is C19H18N4OS. The van der Waals surface area contributed by atoms with E-state index in [1.807, 2.05) is 36.1 Å². The van der Waals surface area contributed by atoms with Crippen molar-refractivity contribution >= 4 is 40.4 Å². The number of anilines is 2. The van der Waals surface area contributed by atoms with Crippen molar-refractivity contribution in [3.63, 3.8) is 0 Å². The van der Waals surface area contributed by atoms with Gasteiger partial charge in [-0.2, -0.15) is 0 Å². The zero-order valence-electron chi connectivity index (χ0n) is 14.2. The Hall–Kier alpha value is -2.65. The molecule has 2 fully saturated rings. The third-order valence-electron chi connectivity index (χ3n) is 5.22. The molecule has 126 valence electrons. The van der Waals surface area contributed by atoms with Crippen LogP contribution in [0.1, 0.15) is 24.8 Å². The number of benzene rings is 1. The average Bonchev–Trinajstić information content (AvgIpc) is 3.02. The predicted octanol–water partition coefficient (Wildman–Crippen LogP) is 3.95. The van der Waals surface area contributed by atoms with E-state index in [2.05, 4.69) is 4.85 Å². The number of rotatable bonds is 2. The Morgan fingerprint density at radius 3 is 2.40 bits per heavy atom. The summed E-state index contributed by atoms with van der Waals surface area (Å²) in [4.78, 5) is 20.4. The Kier molecular flexibility index (Phi) is 3.44. The molecule has 0 atom stereocenters. The largest absolute Gasteiger partial charge is 0.364 e. The van der Waals surface area contributed by atoms with Crippen molar-refractivity contribution in [2.75, 3.05) is 9.80 Å². The summed E-state index contributed by atoms with van der Waals surface area (Å²) in [7, 11) is 1.80. The third-order valence-corrected chi connectivity index (χ3v) is 5.59. The van der Waals surface area contributed by atoms with E-state index in [1.165, 1.54) is 5.56 Å². The molecule has 1 aliphatic carbocycles. The van der Waals surface area contributed by atoms with Crippen molar-refractivity contribution in [1.82, 2.24) is 4.57 Å². The first-order valence-electron chi connectivity index (χ1n) is 8.27. The van der Waals surface area contributed by atoms with Crippen molar-refractivity contribution in [3.05, 3.63) is 53.5 Å². The Labute approximate surface area is 152 Å². The van der Waals surface area contributed by atoms with Crippen LogP contribution in [0.4, 0.5) is 17.2 Å². The smallest absolute Gasteiger partial charge is 0.259 e. The van der Waals surface area contributed by atoms with E-state index in [-0.39, 0.29) is 5.91 Å². The summed E-state index contributed by atoms with van der Waals surface area (Å²) in [6, 6.07) is 9.85. The van der Waals surface area contributed by atoms with E-state index < -0.39 is 5.54 Å². The van der Waals surface area contributed by atoms with Gasteiger partial charge in [-0.3, -0.25) is 9.69 Å². The topological polar surface area (TPSA) is 32.8 Å². The van der Waals surface area contributed by atoms with Gasteiger partial charge in [0.1, 0.15) is 5.54 Å². The number of thiocarbonyl (C=S) groups is 1. The van der Waals surface area contributed by atoms with Gasteiger partial charge in [0.15, 0.2) is 5.11 Å². The van der Waals surface area contributed by atoms with Crippen LogP contribution >= 0.6 is 12.2 Å². The van der Waals surface area contributed by atoms with Crippen molar-refractivity contribution in [3.8, 4) is 0 Å². The highest BCUT2D eigenvalue weighted by atomic mass is 32.1. The lowest BCUT2D eigenvalue weighted by Crippen LogP contribution is -2.55. The Bertz CT molecular complexity index is 918. The first-order valence-corrected chi connectivity index (χ1v) is 8.68. The van der Waals surface area contributed by atoms with Crippen LogP contribution in [0.25, 0.3) is 4.85 Å². The molecule has 2 aliphatic rings. The van der Waals surface area contributed by atoms with Gasteiger partial charge in [0.05, 0.1) is 18.9 Å². The van der Waals surface area contributed by atoms with Crippen LogP contribution in [-0.2, 0) is 11.8 Å². The molecule has 0 radical (unpaired) electrons. The number of aryl methyl sites for hydroxylation is 2. The van der Waals surface area contributed by atoms with Crippen LogP contribution in [0.2, 0.25) is 0 Å². The number of nitrogens with zero attached hydrogens (tertiary/aromatic N) is 4. The molecule has 25 heavy (non-hydrogen) atoms. The Morgan fingerprint density at radius 2 is 1.88 bits per heavy atom.